The molecule has 0 radical (unpaired) electrons. The molecule has 1 aromatic heterocycles. The highest BCUT2D eigenvalue weighted by atomic mass is 16.3. The Kier molecular flexibility index (Phi) is 2.06. The minimum absolute atomic E-state index is 0.519. The van der Waals surface area contributed by atoms with Crippen molar-refractivity contribution < 1.29 is 5.11 Å². The van der Waals surface area contributed by atoms with Crippen molar-refractivity contribution in [2.24, 2.45) is 5.73 Å². The van der Waals surface area contributed by atoms with Crippen LogP contribution in [0.4, 0.5) is 0 Å². The number of fused-ring (bicyclic) bond motifs is 1. The first-order valence-corrected chi connectivity index (χ1v) is 4.63. The fourth-order valence-corrected chi connectivity index (χ4v) is 2.02. The highest BCUT2D eigenvalue weighted by Gasteiger charge is 2.36. The third kappa shape index (κ3) is 1.34. The van der Waals surface area contributed by atoms with E-state index in [1.807, 2.05) is 12.1 Å². The molecule has 1 atom stereocenters. The Labute approximate surface area is 77.6 Å². The second kappa shape index (κ2) is 3.09. The first-order valence-electron chi connectivity index (χ1n) is 4.63. The van der Waals surface area contributed by atoms with Crippen molar-refractivity contribution in [3.63, 3.8) is 0 Å². The topological polar surface area (TPSA) is 59.1 Å². The van der Waals surface area contributed by atoms with Crippen LogP contribution in [0.5, 0.6) is 0 Å². The van der Waals surface area contributed by atoms with E-state index >= 15 is 0 Å². The summed E-state index contributed by atoms with van der Waals surface area (Å²) in [5.41, 5.74) is 6.76. The Balaban J connectivity index is 2.37. The van der Waals surface area contributed by atoms with Crippen molar-refractivity contribution in [1.29, 1.82) is 0 Å². The normalized spacial score (nSPS) is 26.0. The van der Waals surface area contributed by atoms with Crippen molar-refractivity contribution >= 4 is 0 Å². The van der Waals surface area contributed by atoms with Gasteiger partial charge < -0.3 is 10.8 Å². The summed E-state index contributed by atoms with van der Waals surface area (Å²) in [4.78, 5) is 4.24. The summed E-state index contributed by atoms with van der Waals surface area (Å²) in [6.07, 6.45) is 4.03. The average Bonchev–Trinajstić information content (AvgIpc) is 2.46. The summed E-state index contributed by atoms with van der Waals surface area (Å²) >= 11 is 0. The fourth-order valence-electron chi connectivity index (χ4n) is 2.02. The van der Waals surface area contributed by atoms with E-state index in [4.69, 9.17) is 5.73 Å². The summed E-state index contributed by atoms with van der Waals surface area (Å²) in [6, 6.07) is 3.82. The van der Waals surface area contributed by atoms with Crippen molar-refractivity contribution in [2.75, 3.05) is 6.54 Å². The number of aryl methyl sites for hydroxylation is 1. The van der Waals surface area contributed by atoms with E-state index in [2.05, 4.69) is 4.98 Å². The number of aromatic nitrogens is 1. The van der Waals surface area contributed by atoms with Gasteiger partial charge in [-0.05, 0) is 31.9 Å². The molecule has 3 heteroatoms. The van der Waals surface area contributed by atoms with E-state index < -0.39 is 5.60 Å². The number of aliphatic hydroxyl groups is 1. The van der Waals surface area contributed by atoms with Gasteiger partial charge in [0.05, 0.1) is 5.60 Å². The molecule has 0 aliphatic heterocycles. The number of nitrogens with two attached hydrogens (primary N) is 1. The molecule has 0 amide bonds. The molecule has 70 valence electrons. The maximum Gasteiger partial charge on any atom is 0.0929 e. The number of rotatable bonds is 2. The van der Waals surface area contributed by atoms with E-state index in [9.17, 15) is 5.11 Å². The lowest BCUT2D eigenvalue weighted by molar-refractivity contribution is 0.0320. The van der Waals surface area contributed by atoms with Crippen molar-refractivity contribution in [3.8, 4) is 0 Å². The summed E-state index contributed by atoms with van der Waals surface area (Å²) in [5.74, 6) is 0. The zero-order chi connectivity index (χ0) is 9.31. The Morgan fingerprint density at radius 3 is 3.23 bits per heavy atom. The van der Waals surface area contributed by atoms with Crippen molar-refractivity contribution in [3.05, 3.63) is 29.6 Å². The highest BCUT2D eigenvalue weighted by Crippen LogP contribution is 2.37. The Morgan fingerprint density at radius 1 is 1.62 bits per heavy atom. The molecule has 3 nitrogen and oxygen atoms in total. The van der Waals surface area contributed by atoms with Gasteiger partial charge in [-0.15, -0.1) is 0 Å². The summed E-state index contributed by atoms with van der Waals surface area (Å²) in [6.45, 7) is 0.519. The average molecular weight is 178 g/mol. The number of hydrogen-bond donors (Lipinski definition) is 2. The van der Waals surface area contributed by atoms with Crippen LogP contribution >= 0.6 is 0 Å². The largest absolute Gasteiger partial charge is 0.385 e. The van der Waals surface area contributed by atoms with Crippen LogP contribution in [-0.4, -0.2) is 16.6 Å². The lowest BCUT2D eigenvalue weighted by Crippen LogP contribution is -2.25. The summed E-state index contributed by atoms with van der Waals surface area (Å²) < 4.78 is 0. The molecule has 1 aliphatic rings. The van der Waals surface area contributed by atoms with Gasteiger partial charge in [0.15, 0.2) is 0 Å². The highest BCUT2D eigenvalue weighted by molar-refractivity contribution is 5.31. The van der Waals surface area contributed by atoms with Crippen LogP contribution in [0.1, 0.15) is 24.1 Å². The van der Waals surface area contributed by atoms with Crippen LogP contribution in [0.3, 0.4) is 0 Å². The number of pyridine rings is 1. The van der Waals surface area contributed by atoms with Crippen LogP contribution in [-0.2, 0) is 12.0 Å². The molecule has 0 saturated carbocycles. The second-order valence-electron chi connectivity index (χ2n) is 3.57. The summed E-state index contributed by atoms with van der Waals surface area (Å²) in [5, 5.41) is 10.2. The molecule has 1 unspecified atom stereocenters. The Morgan fingerprint density at radius 2 is 2.46 bits per heavy atom. The van der Waals surface area contributed by atoms with Gasteiger partial charge in [0.25, 0.3) is 0 Å². The molecule has 13 heavy (non-hydrogen) atoms. The minimum Gasteiger partial charge on any atom is -0.385 e. The molecule has 0 spiro atoms. The van der Waals surface area contributed by atoms with Crippen LogP contribution in [0.25, 0.3) is 0 Å². The summed E-state index contributed by atoms with van der Waals surface area (Å²) in [7, 11) is 0. The van der Waals surface area contributed by atoms with Gasteiger partial charge in [-0.1, -0.05) is 6.07 Å². The monoisotopic (exact) mass is 178 g/mol. The Hall–Kier alpha value is -0.930. The lowest BCUT2D eigenvalue weighted by Gasteiger charge is -2.22. The maximum absolute atomic E-state index is 10.2. The smallest absolute Gasteiger partial charge is 0.0929 e. The molecule has 3 N–H and O–H groups in total. The third-order valence-electron chi connectivity index (χ3n) is 2.72. The van der Waals surface area contributed by atoms with Gasteiger partial charge in [-0.3, -0.25) is 4.98 Å². The van der Waals surface area contributed by atoms with Gasteiger partial charge >= 0.3 is 0 Å². The number of hydrogen-bond acceptors (Lipinski definition) is 3. The van der Waals surface area contributed by atoms with Gasteiger partial charge in [0.1, 0.15) is 0 Å². The van der Waals surface area contributed by atoms with Gasteiger partial charge in [0, 0.05) is 17.5 Å². The van der Waals surface area contributed by atoms with E-state index in [0.29, 0.717) is 13.0 Å². The predicted molar refractivity (Wildman–Crippen MR) is 50.1 cm³/mol. The molecule has 0 aromatic carbocycles. The first-order chi connectivity index (χ1) is 6.26. The second-order valence-corrected chi connectivity index (χ2v) is 3.57. The molecule has 2 rings (SSSR count). The van der Waals surface area contributed by atoms with Crippen molar-refractivity contribution in [2.45, 2.75) is 24.9 Å². The Bertz CT molecular complexity index is 310. The van der Waals surface area contributed by atoms with Crippen LogP contribution in [0.2, 0.25) is 0 Å². The molecule has 1 aromatic rings. The van der Waals surface area contributed by atoms with E-state index in [1.165, 1.54) is 0 Å². The molecular formula is C10H14N2O. The van der Waals surface area contributed by atoms with E-state index in [0.717, 1.165) is 24.1 Å². The van der Waals surface area contributed by atoms with Gasteiger partial charge in [-0.2, -0.15) is 0 Å². The molecule has 0 fully saturated rings. The number of nitrogens with zero attached hydrogens (tertiary/aromatic N) is 1. The zero-order valence-corrected chi connectivity index (χ0v) is 7.53. The third-order valence-corrected chi connectivity index (χ3v) is 2.72. The van der Waals surface area contributed by atoms with Crippen LogP contribution in [0, 0.1) is 0 Å². The zero-order valence-electron chi connectivity index (χ0n) is 7.53. The van der Waals surface area contributed by atoms with Crippen LogP contribution < -0.4 is 5.73 Å². The van der Waals surface area contributed by atoms with E-state index in [-0.39, 0.29) is 0 Å². The van der Waals surface area contributed by atoms with E-state index in [1.54, 1.807) is 6.20 Å². The van der Waals surface area contributed by atoms with Crippen molar-refractivity contribution in [1.82, 2.24) is 4.98 Å². The maximum atomic E-state index is 10.2. The van der Waals surface area contributed by atoms with Gasteiger partial charge in [-0.25, -0.2) is 0 Å². The standard InChI is InChI=1S/C10H14N2O/c11-6-5-10(13)4-3-9-8(10)2-1-7-12-9/h1-2,7,13H,3-6,11H2. The van der Waals surface area contributed by atoms with Crippen LogP contribution in [0.15, 0.2) is 18.3 Å². The molecular weight excluding hydrogens is 164 g/mol. The molecule has 1 aliphatic carbocycles. The SMILES string of the molecule is NCCC1(O)CCc2ncccc21. The first kappa shape index (κ1) is 8.66. The molecule has 0 saturated heterocycles. The predicted octanol–water partition coefficient (Wildman–Crippen LogP) is 0.564. The quantitative estimate of drug-likeness (QED) is 0.695. The lowest BCUT2D eigenvalue weighted by atomic mass is 9.93. The minimum atomic E-state index is -0.710. The van der Waals surface area contributed by atoms with Gasteiger partial charge in [0.2, 0.25) is 0 Å². The fraction of sp³-hybridized carbons (Fsp3) is 0.500. The molecule has 1 heterocycles. The molecule has 0 bridgehead atoms.